The van der Waals surface area contributed by atoms with E-state index in [4.69, 9.17) is 0 Å². The van der Waals surface area contributed by atoms with E-state index >= 15 is 0 Å². The molecule has 1 aliphatic rings. The number of amides is 1. The quantitative estimate of drug-likeness (QED) is 0.588. The number of fused-ring (bicyclic) bond motifs is 1. The highest BCUT2D eigenvalue weighted by Crippen LogP contribution is 2.27. The molecule has 0 unspecified atom stereocenters. The standard InChI is InChI=1S/C23H24FN3O2S/c1-15-19-22(26-14-27(23(19)29)13-17-9-5-6-10-18(17)24)30-20(15)21(28)25-12-11-16-7-3-2-4-8-16/h5-7,9-10,14H,2-4,8,11-13H2,1H3,(H,25,28). The highest BCUT2D eigenvalue weighted by molar-refractivity contribution is 7.20. The topological polar surface area (TPSA) is 64.0 Å². The van der Waals surface area contributed by atoms with Gasteiger partial charge in [0.15, 0.2) is 0 Å². The van der Waals surface area contributed by atoms with Crippen LogP contribution >= 0.6 is 11.3 Å². The van der Waals surface area contributed by atoms with Crippen molar-refractivity contribution in [3.05, 3.63) is 74.4 Å². The molecule has 0 bridgehead atoms. The maximum atomic E-state index is 14.0. The summed E-state index contributed by atoms with van der Waals surface area (Å²) in [6.07, 6.45) is 9.28. The minimum Gasteiger partial charge on any atom is -0.351 e. The van der Waals surface area contributed by atoms with E-state index in [1.807, 2.05) is 0 Å². The van der Waals surface area contributed by atoms with E-state index in [1.165, 1.54) is 46.7 Å². The van der Waals surface area contributed by atoms with Gasteiger partial charge in [0.2, 0.25) is 0 Å². The highest BCUT2D eigenvalue weighted by atomic mass is 32.1. The summed E-state index contributed by atoms with van der Waals surface area (Å²) >= 11 is 1.23. The average molecular weight is 426 g/mol. The van der Waals surface area contributed by atoms with Crippen molar-refractivity contribution in [1.82, 2.24) is 14.9 Å². The van der Waals surface area contributed by atoms with E-state index in [2.05, 4.69) is 16.4 Å². The molecule has 0 aliphatic heterocycles. The van der Waals surface area contributed by atoms with E-state index in [1.54, 1.807) is 25.1 Å². The van der Waals surface area contributed by atoms with Gasteiger partial charge in [0.05, 0.1) is 23.1 Å². The Balaban J connectivity index is 1.54. The number of aryl methyl sites for hydroxylation is 1. The second-order valence-corrected chi connectivity index (χ2v) is 8.62. The first kappa shape index (κ1) is 20.5. The summed E-state index contributed by atoms with van der Waals surface area (Å²) in [6, 6.07) is 6.36. The van der Waals surface area contributed by atoms with Crippen LogP contribution in [0.25, 0.3) is 10.2 Å². The average Bonchev–Trinajstić information content (AvgIpc) is 3.09. The zero-order valence-corrected chi connectivity index (χ0v) is 17.7. The minimum absolute atomic E-state index is 0.0976. The van der Waals surface area contributed by atoms with E-state index in [0.717, 1.165) is 19.3 Å². The highest BCUT2D eigenvalue weighted by Gasteiger charge is 2.19. The Morgan fingerprint density at radius 2 is 2.13 bits per heavy atom. The Bertz CT molecular complexity index is 1180. The van der Waals surface area contributed by atoms with Gasteiger partial charge < -0.3 is 5.32 Å². The Kier molecular flexibility index (Phi) is 6.08. The molecule has 2 aromatic heterocycles. The van der Waals surface area contributed by atoms with E-state index < -0.39 is 0 Å². The molecule has 0 spiro atoms. The molecule has 30 heavy (non-hydrogen) atoms. The first-order valence-corrected chi connectivity index (χ1v) is 11.0. The maximum Gasteiger partial charge on any atom is 0.262 e. The number of hydrogen-bond acceptors (Lipinski definition) is 4. The van der Waals surface area contributed by atoms with Gasteiger partial charge in [0.1, 0.15) is 10.6 Å². The molecule has 1 amide bonds. The molecule has 0 atom stereocenters. The van der Waals surface area contributed by atoms with Crippen molar-refractivity contribution in [3.63, 3.8) is 0 Å². The lowest BCUT2D eigenvalue weighted by Crippen LogP contribution is -2.25. The summed E-state index contributed by atoms with van der Waals surface area (Å²) in [5.74, 6) is -0.536. The van der Waals surface area contributed by atoms with Crippen molar-refractivity contribution in [2.75, 3.05) is 6.54 Å². The van der Waals surface area contributed by atoms with Crippen LogP contribution in [0.3, 0.4) is 0 Å². The number of nitrogens with zero attached hydrogens (tertiary/aromatic N) is 2. The zero-order valence-electron chi connectivity index (χ0n) is 16.9. The largest absolute Gasteiger partial charge is 0.351 e. The molecule has 156 valence electrons. The van der Waals surface area contributed by atoms with Crippen molar-refractivity contribution in [3.8, 4) is 0 Å². The first-order valence-electron chi connectivity index (χ1n) is 10.2. The number of aromatic nitrogens is 2. The normalized spacial score (nSPS) is 14.0. The van der Waals surface area contributed by atoms with Gasteiger partial charge in [-0.2, -0.15) is 0 Å². The van der Waals surface area contributed by atoms with Gasteiger partial charge in [0, 0.05) is 12.1 Å². The Morgan fingerprint density at radius 1 is 1.30 bits per heavy atom. The zero-order chi connectivity index (χ0) is 21.1. The summed E-state index contributed by atoms with van der Waals surface area (Å²) < 4.78 is 15.4. The Morgan fingerprint density at radius 3 is 2.90 bits per heavy atom. The van der Waals surface area contributed by atoms with Crippen molar-refractivity contribution in [1.29, 1.82) is 0 Å². The van der Waals surface area contributed by atoms with Crippen LogP contribution in [0.1, 0.15) is 52.9 Å². The summed E-state index contributed by atoms with van der Waals surface area (Å²) in [7, 11) is 0. The SMILES string of the molecule is Cc1c(C(=O)NCCC2=CCCCC2)sc2ncn(Cc3ccccc3F)c(=O)c12. The summed E-state index contributed by atoms with van der Waals surface area (Å²) in [5, 5.41) is 3.40. The number of nitrogens with one attached hydrogen (secondary N) is 1. The van der Waals surface area contributed by atoms with Crippen molar-refractivity contribution in [2.45, 2.75) is 45.6 Å². The molecule has 1 aliphatic carbocycles. The number of carbonyl (C=O) groups is 1. The molecule has 0 saturated heterocycles. The lowest BCUT2D eigenvalue weighted by atomic mass is 9.97. The summed E-state index contributed by atoms with van der Waals surface area (Å²) in [5.41, 5.74) is 2.20. The first-order chi connectivity index (χ1) is 14.5. The lowest BCUT2D eigenvalue weighted by molar-refractivity contribution is 0.0957. The summed E-state index contributed by atoms with van der Waals surface area (Å²) in [4.78, 5) is 31.1. The predicted octanol–water partition coefficient (Wildman–Crippen LogP) is 4.57. The van der Waals surface area contributed by atoms with Gasteiger partial charge in [-0.3, -0.25) is 14.2 Å². The Labute approximate surface area is 178 Å². The van der Waals surface area contributed by atoms with Crippen LogP contribution in [-0.4, -0.2) is 22.0 Å². The van der Waals surface area contributed by atoms with Gasteiger partial charge in [-0.25, -0.2) is 9.37 Å². The lowest BCUT2D eigenvalue weighted by Gasteiger charge is -2.12. The van der Waals surface area contributed by atoms with Crippen LogP contribution in [0, 0.1) is 12.7 Å². The van der Waals surface area contributed by atoms with Crippen LogP contribution in [0.4, 0.5) is 4.39 Å². The molecule has 0 saturated carbocycles. The fourth-order valence-corrected chi connectivity index (χ4v) is 4.90. The third-order valence-corrected chi connectivity index (χ3v) is 6.74. The number of halogens is 1. The molecule has 1 aromatic carbocycles. The van der Waals surface area contributed by atoms with Crippen molar-refractivity contribution < 1.29 is 9.18 Å². The molecule has 2 heterocycles. The molecule has 5 nitrogen and oxygen atoms in total. The van der Waals surface area contributed by atoms with Gasteiger partial charge in [-0.05, 0) is 50.7 Å². The summed E-state index contributed by atoms with van der Waals surface area (Å²) in [6.45, 7) is 2.46. The second-order valence-electron chi connectivity index (χ2n) is 7.62. The number of thiophene rings is 1. The smallest absolute Gasteiger partial charge is 0.262 e. The van der Waals surface area contributed by atoms with Gasteiger partial charge in [-0.1, -0.05) is 29.8 Å². The molecular formula is C23H24FN3O2S. The number of allylic oxidation sites excluding steroid dienone is 1. The van der Waals surface area contributed by atoms with Crippen LogP contribution in [0.2, 0.25) is 0 Å². The molecule has 1 N–H and O–H groups in total. The molecule has 3 aromatic rings. The molecule has 4 rings (SSSR count). The molecular weight excluding hydrogens is 401 g/mol. The Hall–Kier alpha value is -2.80. The molecule has 7 heteroatoms. The third-order valence-electron chi connectivity index (χ3n) is 5.54. The van der Waals surface area contributed by atoms with Crippen LogP contribution < -0.4 is 10.9 Å². The van der Waals surface area contributed by atoms with Gasteiger partial charge >= 0.3 is 0 Å². The maximum absolute atomic E-state index is 14.0. The fourth-order valence-electron chi connectivity index (χ4n) is 3.85. The molecule has 0 fully saturated rings. The van der Waals surface area contributed by atoms with Crippen LogP contribution in [0.15, 0.2) is 47.0 Å². The number of carbonyl (C=O) groups excluding carboxylic acids is 1. The second kappa shape index (κ2) is 8.92. The number of hydrogen-bond donors (Lipinski definition) is 1. The van der Waals surface area contributed by atoms with Gasteiger partial charge in [-0.15, -0.1) is 11.3 Å². The van der Waals surface area contributed by atoms with E-state index in [9.17, 15) is 14.0 Å². The van der Waals surface area contributed by atoms with E-state index in [-0.39, 0.29) is 23.8 Å². The van der Waals surface area contributed by atoms with Crippen LogP contribution in [0.5, 0.6) is 0 Å². The third kappa shape index (κ3) is 4.21. The molecule has 0 radical (unpaired) electrons. The monoisotopic (exact) mass is 425 g/mol. The van der Waals surface area contributed by atoms with E-state index in [0.29, 0.717) is 32.8 Å². The van der Waals surface area contributed by atoms with Crippen molar-refractivity contribution >= 4 is 27.5 Å². The van der Waals surface area contributed by atoms with Gasteiger partial charge in [0.25, 0.3) is 11.5 Å². The van der Waals surface area contributed by atoms with Crippen LogP contribution in [-0.2, 0) is 6.54 Å². The number of benzene rings is 1. The minimum atomic E-state index is -0.361. The number of rotatable bonds is 6. The van der Waals surface area contributed by atoms with Crippen molar-refractivity contribution in [2.24, 2.45) is 0 Å². The predicted molar refractivity (Wildman–Crippen MR) is 118 cm³/mol. The fraction of sp³-hybridized carbons (Fsp3) is 0.348.